The number of hydrogen-bond acceptors (Lipinski definition) is 4. The van der Waals surface area contributed by atoms with Crippen LogP contribution in [0, 0.1) is 0 Å². The largest absolute Gasteiger partial charge is 0.363 e. The zero-order valence-electron chi connectivity index (χ0n) is 11.5. The van der Waals surface area contributed by atoms with Gasteiger partial charge in [0.1, 0.15) is 6.61 Å². The van der Waals surface area contributed by atoms with Crippen LogP contribution >= 0.6 is 0 Å². The minimum atomic E-state index is -0.228. The molecule has 0 atom stereocenters. The van der Waals surface area contributed by atoms with Crippen LogP contribution in [0.15, 0.2) is 0 Å². The third-order valence-corrected chi connectivity index (χ3v) is 3.70. The van der Waals surface area contributed by atoms with E-state index in [1.54, 1.807) is 0 Å². The number of amides is 2. The van der Waals surface area contributed by atoms with Crippen molar-refractivity contribution in [2.45, 2.75) is 31.8 Å². The normalized spacial score (nSPS) is 21.6. The van der Waals surface area contributed by atoms with Gasteiger partial charge in [0.2, 0.25) is 11.8 Å². The molecular formula is C13H23N3O3. The summed E-state index contributed by atoms with van der Waals surface area (Å²) in [5, 5.41) is 5.73. The van der Waals surface area contributed by atoms with Crippen LogP contribution in [-0.4, -0.2) is 61.6 Å². The molecule has 0 radical (unpaired) electrons. The zero-order chi connectivity index (χ0) is 13.7. The fourth-order valence-electron chi connectivity index (χ4n) is 2.30. The van der Waals surface area contributed by atoms with Crippen LogP contribution in [-0.2, 0) is 14.3 Å². The summed E-state index contributed by atoms with van der Waals surface area (Å²) < 4.78 is 5.51. The van der Waals surface area contributed by atoms with Gasteiger partial charge in [-0.05, 0) is 26.2 Å². The van der Waals surface area contributed by atoms with Crippen LogP contribution < -0.4 is 10.6 Å². The highest BCUT2D eigenvalue weighted by atomic mass is 16.5. The fourth-order valence-corrected chi connectivity index (χ4v) is 2.30. The van der Waals surface area contributed by atoms with Crippen molar-refractivity contribution in [1.29, 1.82) is 0 Å². The van der Waals surface area contributed by atoms with E-state index >= 15 is 0 Å². The molecule has 2 heterocycles. The Labute approximate surface area is 113 Å². The van der Waals surface area contributed by atoms with E-state index in [-0.39, 0.29) is 30.6 Å². The molecule has 2 N–H and O–H groups in total. The molecule has 0 aliphatic carbocycles. The van der Waals surface area contributed by atoms with Gasteiger partial charge in [-0.2, -0.15) is 0 Å². The van der Waals surface area contributed by atoms with Crippen molar-refractivity contribution < 1.29 is 14.3 Å². The molecule has 0 saturated carbocycles. The average Bonchev–Trinajstić information content (AvgIpc) is 2.41. The number of carbonyl (C=O) groups is 2. The summed E-state index contributed by atoms with van der Waals surface area (Å²) in [4.78, 5) is 25.2. The molecule has 0 unspecified atom stereocenters. The lowest BCUT2D eigenvalue weighted by molar-refractivity contribution is -0.139. The van der Waals surface area contributed by atoms with Gasteiger partial charge in [0.05, 0.1) is 12.1 Å². The van der Waals surface area contributed by atoms with Crippen molar-refractivity contribution in [3.8, 4) is 0 Å². The summed E-state index contributed by atoms with van der Waals surface area (Å²) in [5.41, 5.74) is -0.228. The second kappa shape index (κ2) is 6.34. The van der Waals surface area contributed by atoms with E-state index in [0.717, 1.165) is 39.0 Å². The highest BCUT2D eigenvalue weighted by molar-refractivity contribution is 5.85. The van der Waals surface area contributed by atoms with Crippen molar-refractivity contribution in [2.75, 3.05) is 39.3 Å². The summed E-state index contributed by atoms with van der Waals surface area (Å²) in [6.07, 6.45) is 3.32. The van der Waals surface area contributed by atoms with E-state index in [9.17, 15) is 9.59 Å². The molecule has 6 nitrogen and oxygen atoms in total. The minimum absolute atomic E-state index is 0.00423. The first-order chi connectivity index (χ1) is 9.09. The molecule has 2 saturated heterocycles. The summed E-state index contributed by atoms with van der Waals surface area (Å²) in [7, 11) is 0. The van der Waals surface area contributed by atoms with Crippen molar-refractivity contribution in [1.82, 2.24) is 15.5 Å². The summed E-state index contributed by atoms with van der Waals surface area (Å²) in [6, 6.07) is 0. The average molecular weight is 269 g/mol. The number of rotatable bonds is 5. The first kappa shape index (κ1) is 14.3. The third-order valence-electron chi connectivity index (χ3n) is 3.70. The van der Waals surface area contributed by atoms with E-state index < -0.39 is 0 Å². The van der Waals surface area contributed by atoms with Crippen LogP contribution in [0.25, 0.3) is 0 Å². The fraction of sp³-hybridized carbons (Fsp3) is 0.846. The molecule has 0 aromatic rings. The first-order valence-electron chi connectivity index (χ1n) is 6.98. The topological polar surface area (TPSA) is 70.7 Å². The third kappa shape index (κ3) is 4.18. The Kier molecular flexibility index (Phi) is 4.76. The molecular weight excluding hydrogens is 246 g/mol. The van der Waals surface area contributed by atoms with Gasteiger partial charge in [0, 0.05) is 26.2 Å². The van der Waals surface area contributed by atoms with Gasteiger partial charge < -0.3 is 20.3 Å². The predicted octanol–water partition coefficient (Wildman–Crippen LogP) is -0.506. The Morgan fingerprint density at radius 3 is 2.53 bits per heavy atom. The van der Waals surface area contributed by atoms with Gasteiger partial charge in [0.25, 0.3) is 0 Å². The lowest BCUT2D eigenvalue weighted by Gasteiger charge is -2.38. The van der Waals surface area contributed by atoms with Gasteiger partial charge >= 0.3 is 0 Å². The molecule has 2 aliphatic heterocycles. The molecule has 0 spiro atoms. The van der Waals surface area contributed by atoms with Crippen LogP contribution in [0.1, 0.15) is 26.2 Å². The van der Waals surface area contributed by atoms with Gasteiger partial charge in [0.15, 0.2) is 0 Å². The van der Waals surface area contributed by atoms with Gasteiger partial charge in [-0.25, -0.2) is 0 Å². The molecule has 2 fully saturated rings. The van der Waals surface area contributed by atoms with E-state index in [1.165, 1.54) is 6.42 Å². The minimum Gasteiger partial charge on any atom is -0.363 e. The molecule has 0 bridgehead atoms. The Balaban J connectivity index is 1.61. The molecule has 0 aromatic carbocycles. The van der Waals surface area contributed by atoms with Crippen LogP contribution in [0.5, 0.6) is 0 Å². The Morgan fingerprint density at radius 1 is 1.26 bits per heavy atom. The lowest BCUT2D eigenvalue weighted by Crippen LogP contribution is -2.59. The maximum Gasteiger partial charge on any atom is 0.246 e. The number of hydrogen-bond donors (Lipinski definition) is 2. The smallest absolute Gasteiger partial charge is 0.246 e. The molecule has 0 aromatic heterocycles. The van der Waals surface area contributed by atoms with Gasteiger partial charge in [-0.1, -0.05) is 0 Å². The Bertz CT molecular complexity index is 336. The first-order valence-corrected chi connectivity index (χ1v) is 6.98. The maximum atomic E-state index is 11.8. The van der Waals surface area contributed by atoms with E-state index in [2.05, 4.69) is 10.6 Å². The van der Waals surface area contributed by atoms with Crippen LogP contribution in [0.3, 0.4) is 0 Å². The molecule has 19 heavy (non-hydrogen) atoms. The van der Waals surface area contributed by atoms with Crippen molar-refractivity contribution >= 4 is 11.8 Å². The maximum absolute atomic E-state index is 11.8. The second-order valence-electron chi connectivity index (χ2n) is 5.56. The number of likely N-dealkylation sites (tertiary alicyclic amines) is 1. The van der Waals surface area contributed by atoms with Crippen molar-refractivity contribution in [3.63, 3.8) is 0 Å². The number of nitrogens with zero attached hydrogens (tertiary/aromatic N) is 1. The SMILES string of the molecule is CC1(OCC(=O)NCC(=O)N2CCCCC2)CNC1. The highest BCUT2D eigenvalue weighted by Gasteiger charge is 2.33. The van der Waals surface area contributed by atoms with Gasteiger partial charge in [-0.3, -0.25) is 9.59 Å². The molecule has 2 aliphatic rings. The highest BCUT2D eigenvalue weighted by Crippen LogP contribution is 2.14. The van der Waals surface area contributed by atoms with Crippen LogP contribution in [0.2, 0.25) is 0 Å². The number of carbonyl (C=O) groups excluding carboxylic acids is 2. The quantitative estimate of drug-likeness (QED) is 0.705. The number of piperidine rings is 1. The Morgan fingerprint density at radius 2 is 1.95 bits per heavy atom. The Hall–Kier alpha value is -1.14. The standard InChI is InChI=1S/C13H23N3O3/c1-13(9-14-10-13)19-8-11(17)15-7-12(18)16-5-3-2-4-6-16/h14H,2-10H2,1H3,(H,15,17). The van der Waals surface area contributed by atoms with E-state index in [4.69, 9.17) is 4.74 Å². The zero-order valence-corrected chi connectivity index (χ0v) is 11.5. The van der Waals surface area contributed by atoms with Gasteiger partial charge in [-0.15, -0.1) is 0 Å². The second-order valence-corrected chi connectivity index (χ2v) is 5.56. The van der Waals surface area contributed by atoms with Crippen molar-refractivity contribution in [2.24, 2.45) is 0 Å². The van der Waals surface area contributed by atoms with Crippen molar-refractivity contribution in [3.05, 3.63) is 0 Å². The summed E-state index contributed by atoms with van der Waals surface area (Å²) >= 11 is 0. The number of nitrogens with one attached hydrogen (secondary N) is 2. The van der Waals surface area contributed by atoms with E-state index in [0.29, 0.717) is 0 Å². The lowest BCUT2D eigenvalue weighted by atomic mass is 10.0. The molecule has 2 rings (SSSR count). The van der Waals surface area contributed by atoms with Crippen LogP contribution in [0.4, 0.5) is 0 Å². The number of ether oxygens (including phenoxy) is 1. The van der Waals surface area contributed by atoms with E-state index in [1.807, 2.05) is 11.8 Å². The predicted molar refractivity (Wildman–Crippen MR) is 70.7 cm³/mol. The molecule has 2 amide bonds. The molecule has 6 heteroatoms. The monoisotopic (exact) mass is 269 g/mol. The summed E-state index contributed by atoms with van der Waals surface area (Å²) in [5.74, 6) is -0.219. The summed E-state index contributed by atoms with van der Waals surface area (Å²) in [6.45, 7) is 5.24. The molecule has 108 valence electrons.